The Morgan fingerprint density at radius 1 is 1.36 bits per heavy atom. The van der Waals surface area contributed by atoms with Gasteiger partial charge in [0, 0.05) is 0 Å². The molecule has 66 valence electrons. The predicted octanol–water partition coefficient (Wildman–Crippen LogP) is -2.34. The Hall–Kier alpha value is -1.65. The van der Waals surface area contributed by atoms with Gasteiger partial charge in [-0.25, -0.2) is 4.79 Å². The average Bonchev–Trinajstić information content (AvgIpc) is 2.20. The number of carbonyl (C=O) groups is 2. The van der Waals surface area contributed by atoms with Gasteiger partial charge in [0.1, 0.15) is 21.4 Å². The second-order valence-corrected chi connectivity index (χ2v) is 2.34. The zero-order valence-corrected chi connectivity index (χ0v) is 7.35. The van der Waals surface area contributed by atoms with Crippen LogP contribution in [0.4, 0.5) is 0 Å². The fourth-order valence-corrected chi connectivity index (χ4v) is 0.804. The van der Waals surface area contributed by atoms with Crippen molar-refractivity contribution in [3.63, 3.8) is 0 Å². The summed E-state index contributed by atoms with van der Waals surface area (Å²) >= 11 is 0. The molecule has 0 amide bonds. The van der Waals surface area contributed by atoms with Crippen molar-refractivity contribution in [1.29, 1.82) is 0 Å². The summed E-state index contributed by atoms with van der Waals surface area (Å²) in [5.41, 5.74) is -0.645. The minimum atomic E-state index is -0.786. The number of nitrogens with zero attached hydrogens (tertiary/aromatic N) is 2. The van der Waals surface area contributed by atoms with E-state index in [1.165, 1.54) is 0 Å². The standard InChI is InChI=1S/C7H4B2N2O3/c1-14-7(13)4-3(2-12)10-5(8)6(9)11-4/h2H,1H3. The molecule has 0 saturated carbocycles. The minimum absolute atomic E-state index is 0.0975. The van der Waals surface area contributed by atoms with Crippen LogP contribution in [0.3, 0.4) is 0 Å². The van der Waals surface area contributed by atoms with E-state index in [4.69, 9.17) is 15.7 Å². The highest BCUT2D eigenvalue weighted by Gasteiger charge is 2.15. The van der Waals surface area contributed by atoms with Gasteiger partial charge in [-0.1, -0.05) is 0 Å². The first-order valence-corrected chi connectivity index (χ1v) is 3.56. The fourth-order valence-electron chi connectivity index (χ4n) is 0.804. The number of ether oxygens (including phenoxy) is 1. The van der Waals surface area contributed by atoms with Gasteiger partial charge in [0.25, 0.3) is 0 Å². The summed E-state index contributed by atoms with van der Waals surface area (Å²) in [4.78, 5) is 28.8. The first-order valence-electron chi connectivity index (χ1n) is 3.56. The normalized spacial score (nSPS) is 9.50. The lowest BCUT2D eigenvalue weighted by molar-refractivity contribution is 0.0591. The molecule has 0 aliphatic rings. The Bertz CT molecular complexity index is 395. The maximum Gasteiger partial charge on any atom is 0.359 e. The van der Waals surface area contributed by atoms with Gasteiger partial charge in [-0.3, -0.25) is 14.8 Å². The Morgan fingerprint density at radius 2 is 1.93 bits per heavy atom. The number of methoxy groups -OCH3 is 1. The first-order chi connectivity index (χ1) is 6.60. The fraction of sp³-hybridized carbons (Fsp3) is 0.143. The third-order valence-electron chi connectivity index (χ3n) is 1.47. The number of carbonyl (C=O) groups excluding carboxylic acids is 2. The number of esters is 1. The maximum absolute atomic E-state index is 11.1. The van der Waals surface area contributed by atoms with Gasteiger partial charge in [0.05, 0.1) is 7.11 Å². The molecule has 0 fully saturated rings. The van der Waals surface area contributed by atoms with E-state index in [2.05, 4.69) is 14.7 Å². The van der Waals surface area contributed by atoms with E-state index in [1.807, 2.05) is 0 Å². The lowest BCUT2D eigenvalue weighted by Gasteiger charge is -2.05. The summed E-state index contributed by atoms with van der Waals surface area (Å²) in [5, 5.41) is 0. The largest absolute Gasteiger partial charge is 0.464 e. The molecule has 0 aromatic carbocycles. The smallest absolute Gasteiger partial charge is 0.359 e. The van der Waals surface area contributed by atoms with Crippen LogP contribution in [0.2, 0.25) is 0 Å². The van der Waals surface area contributed by atoms with Crippen LogP contribution in [-0.2, 0) is 4.74 Å². The number of hydrogen-bond donors (Lipinski definition) is 0. The van der Waals surface area contributed by atoms with Crippen molar-refractivity contribution < 1.29 is 14.3 Å². The van der Waals surface area contributed by atoms with Crippen molar-refractivity contribution in [2.45, 2.75) is 0 Å². The van der Waals surface area contributed by atoms with Crippen LogP contribution in [0.25, 0.3) is 0 Å². The van der Waals surface area contributed by atoms with Crippen molar-refractivity contribution in [3.8, 4) is 0 Å². The lowest BCUT2D eigenvalue weighted by Crippen LogP contribution is -2.35. The molecule has 1 aromatic heterocycles. The zero-order chi connectivity index (χ0) is 10.7. The Balaban J connectivity index is 3.34. The second kappa shape index (κ2) is 4.04. The summed E-state index contributed by atoms with van der Waals surface area (Å²) < 4.78 is 4.38. The molecule has 1 heterocycles. The molecule has 0 aliphatic heterocycles. The maximum atomic E-state index is 11.1. The highest BCUT2D eigenvalue weighted by molar-refractivity contribution is 6.46. The van der Waals surface area contributed by atoms with Gasteiger partial charge in [0.15, 0.2) is 12.0 Å². The highest BCUT2D eigenvalue weighted by Crippen LogP contribution is 1.97. The van der Waals surface area contributed by atoms with Crippen LogP contribution >= 0.6 is 0 Å². The van der Waals surface area contributed by atoms with E-state index in [-0.39, 0.29) is 22.6 Å². The molecule has 1 rings (SSSR count). The van der Waals surface area contributed by atoms with Gasteiger partial charge >= 0.3 is 5.97 Å². The van der Waals surface area contributed by atoms with Crippen LogP contribution in [0.15, 0.2) is 0 Å². The SMILES string of the molecule is [B]c1nc(C=O)c(C(=O)OC)nc1[B]. The van der Waals surface area contributed by atoms with Gasteiger partial charge < -0.3 is 4.74 Å². The topological polar surface area (TPSA) is 69.2 Å². The van der Waals surface area contributed by atoms with Gasteiger partial charge in [-0.2, -0.15) is 0 Å². The summed E-state index contributed by atoms with van der Waals surface area (Å²) in [6.45, 7) is 0. The second-order valence-electron chi connectivity index (χ2n) is 2.34. The van der Waals surface area contributed by atoms with Gasteiger partial charge in [0.2, 0.25) is 0 Å². The summed E-state index contributed by atoms with van der Waals surface area (Å²) in [6, 6.07) is 0. The Labute approximate surface area is 82.7 Å². The highest BCUT2D eigenvalue weighted by atomic mass is 16.5. The van der Waals surface area contributed by atoms with E-state index in [0.717, 1.165) is 7.11 Å². The first kappa shape index (κ1) is 10.4. The lowest BCUT2D eigenvalue weighted by atomic mass is 9.90. The third kappa shape index (κ3) is 1.81. The molecule has 0 bridgehead atoms. The zero-order valence-electron chi connectivity index (χ0n) is 7.35. The molecule has 0 aliphatic carbocycles. The van der Waals surface area contributed by atoms with Crippen molar-refractivity contribution >= 4 is 39.1 Å². The van der Waals surface area contributed by atoms with E-state index in [0.29, 0.717) is 6.29 Å². The molecule has 7 heteroatoms. The Kier molecular flexibility index (Phi) is 3.01. The molecule has 0 unspecified atom stereocenters. The van der Waals surface area contributed by atoms with E-state index in [9.17, 15) is 9.59 Å². The molecular formula is C7H4B2N2O3. The third-order valence-corrected chi connectivity index (χ3v) is 1.47. The number of aromatic nitrogens is 2. The number of aldehydes is 1. The van der Waals surface area contributed by atoms with Crippen molar-refractivity contribution in [2.24, 2.45) is 0 Å². The monoisotopic (exact) mass is 186 g/mol. The molecule has 14 heavy (non-hydrogen) atoms. The quantitative estimate of drug-likeness (QED) is 0.294. The van der Waals surface area contributed by atoms with Crippen LogP contribution in [-0.4, -0.2) is 45.0 Å². The molecular weight excluding hydrogens is 182 g/mol. The van der Waals surface area contributed by atoms with Crippen molar-refractivity contribution in [3.05, 3.63) is 11.4 Å². The molecule has 4 radical (unpaired) electrons. The molecule has 0 spiro atoms. The predicted molar refractivity (Wildman–Crippen MR) is 49.5 cm³/mol. The van der Waals surface area contributed by atoms with Crippen molar-refractivity contribution in [1.82, 2.24) is 9.97 Å². The number of hydrogen-bond acceptors (Lipinski definition) is 5. The van der Waals surface area contributed by atoms with Crippen LogP contribution in [0.1, 0.15) is 21.0 Å². The van der Waals surface area contributed by atoms with Crippen LogP contribution < -0.4 is 11.2 Å². The molecule has 0 saturated heterocycles. The van der Waals surface area contributed by atoms with Crippen LogP contribution in [0, 0.1) is 0 Å². The van der Waals surface area contributed by atoms with Gasteiger partial charge in [-0.15, -0.1) is 0 Å². The Morgan fingerprint density at radius 3 is 2.43 bits per heavy atom. The van der Waals surface area contributed by atoms with Crippen LogP contribution in [0.5, 0.6) is 0 Å². The molecule has 1 aromatic rings. The summed E-state index contributed by atoms with van der Waals surface area (Å²) in [7, 11) is 11.8. The van der Waals surface area contributed by atoms with E-state index >= 15 is 0 Å². The summed E-state index contributed by atoms with van der Waals surface area (Å²) in [6.07, 6.45) is 0.356. The van der Waals surface area contributed by atoms with E-state index < -0.39 is 5.97 Å². The average molecular weight is 186 g/mol. The molecule has 0 N–H and O–H groups in total. The molecule has 0 atom stereocenters. The van der Waals surface area contributed by atoms with E-state index in [1.54, 1.807) is 0 Å². The number of rotatable bonds is 2. The molecule has 5 nitrogen and oxygen atoms in total. The van der Waals surface area contributed by atoms with Gasteiger partial charge in [-0.05, 0) is 11.2 Å². The van der Waals surface area contributed by atoms with Crippen molar-refractivity contribution in [2.75, 3.05) is 7.11 Å². The minimum Gasteiger partial charge on any atom is -0.464 e. The summed E-state index contributed by atoms with van der Waals surface area (Å²) in [5.74, 6) is -0.786.